The number of anilines is 1. The molecule has 3 N–H and O–H groups in total. The van der Waals surface area contributed by atoms with Crippen molar-refractivity contribution in [2.75, 3.05) is 12.4 Å². The lowest BCUT2D eigenvalue weighted by molar-refractivity contribution is -0.115. The van der Waals surface area contributed by atoms with Crippen molar-refractivity contribution in [3.8, 4) is 11.5 Å². The summed E-state index contributed by atoms with van der Waals surface area (Å²) in [6.45, 7) is 2.14. The van der Waals surface area contributed by atoms with Gasteiger partial charge in [0.1, 0.15) is 12.6 Å². The van der Waals surface area contributed by atoms with Crippen molar-refractivity contribution in [3.05, 3.63) is 69.3 Å². The van der Waals surface area contributed by atoms with Crippen LogP contribution in [0.5, 0.6) is 11.5 Å². The number of benzene rings is 2. The maximum Gasteiger partial charge on any atom is 0.248 e. The Hall–Kier alpha value is -3.40. The molecule has 1 amide bonds. The summed E-state index contributed by atoms with van der Waals surface area (Å²) in [5, 5.41) is 14.7. The number of nitrogens with zero attached hydrogens (tertiary/aromatic N) is 4. The number of fused-ring (bicyclic) bond motifs is 1. The first-order chi connectivity index (χ1) is 14.5. The van der Waals surface area contributed by atoms with Gasteiger partial charge in [-0.1, -0.05) is 35.4 Å². The van der Waals surface area contributed by atoms with Crippen LogP contribution in [0.15, 0.2) is 58.2 Å². The van der Waals surface area contributed by atoms with Crippen molar-refractivity contribution in [1.29, 1.82) is 0 Å². The van der Waals surface area contributed by atoms with Crippen molar-refractivity contribution in [3.63, 3.8) is 0 Å². The Morgan fingerprint density at radius 1 is 1.30 bits per heavy atom. The molecule has 0 aliphatic carbocycles. The van der Waals surface area contributed by atoms with E-state index in [0.29, 0.717) is 45.4 Å². The molecule has 3 aromatic rings. The van der Waals surface area contributed by atoms with E-state index in [1.807, 2.05) is 36.4 Å². The topological polar surface area (TPSA) is 117 Å². The SMILES string of the molecule is COc1cc(C2C(C(N)=O)=C(C)Nc3nnnn32)cc(Br)c1OCc1ccccc1. The summed E-state index contributed by atoms with van der Waals surface area (Å²) in [6.07, 6.45) is 0. The summed E-state index contributed by atoms with van der Waals surface area (Å²) in [5.41, 5.74) is 8.38. The molecule has 1 atom stereocenters. The van der Waals surface area contributed by atoms with Gasteiger partial charge in [0, 0.05) is 5.70 Å². The third-order valence-electron chi connectivity index (χ3n) is 4.77. The number of carbonyl (C=O) groups excluding carboxylic acids is 1. The Morgan fingerprint density at radius 2 is 2.07 bits per heavy atom. The van der Waals surface area contributed by atoms with Crippen LogP contribution in [0, 0.1) is 0 Å². The number of hydrogen-bond acceptors (Lipinski definition) is 7. The van der Waals surface area contributed by atoms with E-state index >= 15 is 0 Å². The summed E-state index contributed by atoms with van der Waals surface area (Å²) in [5.74, 6) is 0.912. The van der Waals surface area contributed by atoms with Crippen molar-refractivity contribution >= 4 is 27.8 Å². The molecule has 1 aromatic heterocycles. The summed E-state index contributed by atoms with van der Waals surface area (Å²) in [4.78, 5) is 12.2. The highest BCUT2D eigenvalue weighted by Crippen LogP contribution is 2.42. The Bertz CT molecular complexity index is 1130. The fourth-order valence-corrected chi connectivity index (χ4v) is 3.98. The van der Waals surface area contributed by atoms with Gasteiger partial charge in [-0.3, -0.25) is 4.79 Å². The molecular weight excluding hydrogens is 452 g/mol. The lowest BCUT2D eigenvalue weighted by Gasteiger charge is -2.27. The number of amides is 1. The van der Waals surface area contributed by atoms with Gasteiger partial charge in [0.15, 0.2) is 11.5 Å². The molecular formula is C20H19BrN6O3. The first-order valence-corrected chi connectivity index (χ1v) is 9.88. The van der Waals surface area contributed by atoms with Gasteiger partial charge in [-0.05, 0) is 56.5 Å². The zero-order valence-electron chi connectivity index (χ0n) is 16.3. The van der Waals surface area contributed by atoms with Gasteiger partial charge in [0.05, 0.1) is 17.2 Å². The molecule has 0 saturated carbocycles. The number of nitrogens with two attached hydrogens (primary N) is 1. The average Bonchev–Trinajstić information content (AvgIpc) is 3.19. The Kier molecular flexibility index (Phi) is 5.40. The van der Waals surface area contributed by atoms with Crippen molar-refractivity contribution < 1.29 is 14.3 Å². The molecule has 1 unspecified atom stereocenters. The van der Waals surface area contributed by atoms with Crippen LogP contribution in [0.3, 0.4) is 0 Å². The summed E-state index contributed by atoms with van der Waals surface area (Å²) in [6, 6.07) is 12.9. The zero-order chi connectivity index (χ0) is 21.3. The molecule has 1 aliphatic rings. The van der Waals surface area contributed by atoms with Crippen LogP contribution >= 0.6 is 15.9 Å². The second-order valence-corrected chi connectivity index (χ2v) is 7.54. The monoisotopic (exact) mass is 470 g/mol. The van der Waals surface area contributed by atoms with Crippen LogP contribution in [0.1, 0.15) is 24.1 Å². The van der Waals surface area contributed by atoms with E-state index in [1.54, 1.807) is 20.1 Å². The quantitative estimate of drug-likeness (QED) is 0.568. The van der Waals surface area contributed by atoms with Crippen molar-refractivity contribution in [2.24, 2.45) is 5.73 Å². The molecule has 0 fully saturated rings. The van der Waals surface area contributed by atoms with E-state index in [4.69, 9.17) is 15.2 Å². The molecule has 0 bridgehead atoms. The average molecular weight is 471 g/mol. The molecule has 9 nitrogen and oxygen atoms in total. The molecule has 30 heavy (non-hydrogen) atoms. The van der Waals surface area contributed by atoms with E-state index < -0.39 is 11.9 Å². The van der Waals surface area contributed by atoms with Gasteiger partial charge in [-0.15, -0.1) is 0 Å². The van der Waals surface area contributed by atoms with Crippen LogP contribution < -0.4 is 20.5 Å². The third-order valence-corrected chi connectivity index (χ3v) is 5.36. The standard InChI is InChI=1S/C20H19BrN6O3/c1-11-16(19(22)28)17(27-20(23-11)24-25-26-27)13-8-14(21)18(15(9-13)29-2)30-10-12-6-4-3-5-7-12/h3-9,17H,10H2,1-2H3,(H2,22,28)(H,23,24,26). The highest BCUT2D eigenvalue weighted by Gasteiger charge is 2.34. The molecule has 0 saturated heterocycles. The van der Waals surface area contributed by atoms with Crippen LogP contribution in [0.4, 0.5) is 5.95 Å². The second-order valence-electron chi connectivity index (χ2n) is 6.69. The second kappa shape index (κ2) is 8.15. The number of tetrazole rings is 1. The lowest BCUT2D eigenvalue weighted by Crippen LogP contribution is -2.31. The number of halogens is 1. The van der Waals surface area contributed by atoms with E-state index in [2.05, 4.69) is 36.8 Å². The predicted molar refractivity (Wildman–Crippen MR) is 113 cm³/mol. The smallest absolute Gasteiger partial charge is 0.248 e. The van der Waals surface area contributed by atoms with E-state index in [-0.39, 0.29) is 0 Å². The highest BCUT2D eigenvalue weighted by atomic mass is 79.9. The summed E-state index contributed by atoms with van der Waals surface area (Å²) >= 11 is 3.57. The number of ether oxygens (including phenoxy) is 2. The van der Waals surface area contributed by atoms with Gasteiger partial charge in [0.25, 0.3) is 0 Å². The number of aromatic nitrogens is 4. The van der Waals surface area contributed by atoms with E-state index in [9.17, 15) is 4.79 Å². The first kappa shape index (κ1) is 19.9. The minimum Gasteiger partial charge on any atom is -0.493 e. The maximum atomic E-state index is 12.2. The Balaban J connectivity index is 1.75. The lowest BCUT2D eigenvalue weighted by atomic mass is 9.95. The third kappa shape index (κ3) is 3.61. The molecule has 10 heteroatoms. The summed E-state index contributed by atoms with van der Waals surface area (Å²) < 4.78 is 13.8. The minimum absolute atomic E-state index is 0.363. The normalized spacial score (nSPS) is 15.4. The highest BCUT2D eigenvalue weighted by molar-refractivity contribution is 9.10. The van der Waals surface area contributed by atoms with Gasteiger partial charge in [0.2, 0.25) is 11.9 Å². The molecule has 154 valence electrons. The van der Waals surface area contributed by atoms with Gasteiger partial charge >= 0.3 is 0 Å². The van der Waals surface area contributed by atoms with Crippen molar-refractivity contribution in [2.45, 2.75) is 19.6 Å². The molecule has 0 radical (unpaired) electrons. The number of primary amides is 1. The molecule has 4 rings (SSSR count). The maximum absolute atomic E-state index is 12.2. The minimum atomic E-state index is -0.609. The molecule has 2 heterocycles. The number of carbonyl (C=O) groups is 1. The van der Waals surface area contributed by atoms with Crippen LogP contribution in [-0.4, -0.2) is 33.2 Å². The van der Waals surface area contributed by atoms with Crippen LogP contribution in [-0.2, 0) is 11.4 Å². The largest absolute Gasteiger partial charge is 0.493 e. The fraction of sp³-hybridized carbons (Fsp3) is 0.200. The fourth-order valence-electron chi connectivity index (χ4n) is 3.41. The number of allylic oxidation sites excluding steroid dienone is 1. The first-order valence-electron chi connectivity index (χ1n) is 9.09. The van der Waals surface area contributed by atoms with Crippen molar-refractivity contribution in [1.82, 2.24) is 20.2 Å². The Morgan fingerprint density at radius 3 is 2.77 bits per heavy atom. The number of nitrogens with one attached hydrogen (secondary N) is 1. The van der Waals surface area contributed by atoms with Gasteiger partial charge in [-0.2, -0.15) is 4.68 Å². The predicted octanol–water partition coefficient (Wildman–Crippen LogP) is 2.80. The number of hydrogen-bond donors (Lipinski definition) is 2. The van der Waals surface area contributed by atoms with Crippen LogP contribution in [0.25, 0.3) is 0 Å². The number of methoxy groups -OCH3 is 1. The molecule has 0 spiro atoms. The molecule has 1 aliphatic heterocycles. The zero-order valence-corrected chi connectivity index (χ0v) is 17.9. The van der Waals surface area contributed by atoms with Gasteiger partial charge in [-0.25, -0.2) is 0 Å². The summed E-state index contributed by atoms with van der Waals surface area (Å²) in [7, 11) is 1.56. The Labute approximate surface area is 181 Å². The van der Waals surface area contributed by atoms with Gasteiger partial charge < -0.3 is 20.5 Å². The number of rotatable bonds is 6. The van der Waals surface area contributed by atoms with Crippen LogP contribution in [0.2, 0.25) is 0 Å². The van der Waals surface area contributed by atoms with E-state index in [1.165, 1.54) is 4.68 Å². The molecule has 2 aromatic carbocycles. The van der Waals surface area contributed by atoms with E-state index in [0.717, 1.165) is 5.56 Å².